The Morgan fingerprint density at radius 2 is 1.97 bits per heavy atom. The quantitative estimate of drug-likeness (QED) is 0.366. The van der Waals surface area contributed by atoms with Crippen LogP contribution in [0.25, 0.3) is 11.4 Å². The fourth-order valence-electron chi connectivity index (χ4n) is 4.20. The lowest BCUT2D eigenvalue weighted by atomic mass is 10.2. The standard InChI is InChI=1S/C22H25ClN6O3S/c1-2-11-28-18(24)17(20(31)25-21(28)32)16(30)12-33-22-27-26-19(14-9-5-6-10-15(14)23)29(22)13-7-3-4-8-13/h5-6,9-10,13H,2-4,7-8,11-12,24H2,1H3,(H,25,31,32). The number of nitrogens with zero attached hydrogens (tertiary/aromatic N) is 4. The maximum absolute atomic E-state index is 13.0. The monoisotopic (exact) mass is 488 g/mol. The van der Waals surface area contributed by atoms with Crippen LogP contribution in [0.2, 0.25) is 5.02 Å². The van der Waals surface area contributed by atoms with E-state index in [0.717, 1.165) is 31.2 Å². The van der Waals surface area contributed by atoms with Crippen LogP contribution in [0.15, 0.2) is 39.0 Å². The number of aromatic amines is 1. The van der Waals surface area contributed by atoms with E-state index in [9.17, 15) is 14.4 Å². The molecule has 1 fully saturated rings. The third-order valence-electron chi connectivity index (χ3n) is 5.77. The number of benzene rings is 1. The third kappa shape index (κ3) is 4.63. The van der Waals surface area contributed by atoms with Gasteiger partial charge in [-0.3, -0.25) is 23.7 Å². The zero-order valence-electron chi connectivity index (χ0n) is 18.2. The summed E-state index contributed by atoms with van der Waals surface area (Å²) in [5, 5.41) is 9.89. The van der Waals surface area contributed by atoms with Crippen molar-refractivity contribution in [1.82, 2.24) is 24.3 Å². The third-order valence-corrected chi connectivity index (χ3v) is 7.04. The molecule has 0 radical (unpaired) electrons. The number of hydrogen-bond acceptors (Lipinski definition) is 7. The normalized spacial score (nSPS) is 14.1. The Hall–Kier alpha value is -2.85. The van der Waals surface area contributed by atoms with Gasteiger partial charge < -0.3 is 5.73 Å². The van der Waals surface area contributed by atoms with Crippen molar-refractivity contribution in [3.05, 3.63) is 55.7 Å². The Morgan fingerprint density at radius 1 is 1.24 bits per heavy atom. The van der Waals surface area contributed by atoms with E-state index in [0.29, 0.717) is 29.0 Å². The van der Waals surface area contributed by atoms with Crippen LogP contribution in [-0.2, 0) is 6.54 Å². The molecular weight excluding hydrogens is 464 g/mol. The van der Waals surface area contributed by atoms with E-state index >= 15 is 0 Å². The second-order valence-electron chi connectivity index (χ2n) is 7.98. The van der Waals surface area contributed by atoms with Gasteiger partial charge in [0.15, 0.2) is 16.8 Å². The van der Waals surface area contributed by atoms with Crippen molar-refractivity contribution in [1.29, 1.82) is 0 Å². The number of carbonyl (C=O) groups is 1. The molecule has 33 heavy (non-hydrogen) atoms. The second-order valence-corrected chi connectivity index (χ2v) is 9.33. The molecule has 174 valence electrons. The van der Waals surface area contributed by atoms with Gasteiger partial charge in [-0.05, 0) is 31.4 Å². The summed E-state index contributed by atoms with van der Waals surface area (Å²) in [6.45, 7) is 2.19. The molecule has 0 spiro atoms. The summed E-state index contributed by atoms with van der Waals surface area (Å²) in [4.78, 5) is 39.6. The van der Waals surface area contributed by atoms with Crippen LogP contribution in [-0.4, -0.2) is 35.9 Å². The van der Waals surface area contributed by atoms with Crippen molar-refractivity contribution >= 4 is 35.0 Å². The number of anilines is 1. The number of thioether (sulfide) groups is 1. The number of rotatable bonds is 8. The Balaban J connectivity index is 1.65. The van der Waals surface area contributed by atoms with E-state index in [2.05, 4.69) is 19.7 Å². The maximum Gasteiger partial charge on any atom is 0.329 e. The van der Waals surface area contributed by atoms with Crippen LogP contribution in [0.1, 0.15) is 55.4 Å². The zero-order chi connectivity index (χ0) is 23.5. The van der Waals surface area contributed by atoms with E-state index < -0.39 is 17.0 Å². The summed E-state index contributed by atoms with van der Waals surface area (Å²) in [5.41, 5.74) is 5.22. The Kier molecular flexibility index (Phi) is 7.04. The molecule has 1 aliphatic rings. The van der Waals surface area contributed by atoms with Crippen LogP contribution in [0.3, 0.4) is 0 Å². The van der Waals surface area contributed by atoms with Gasteiger partial charge in [0.1, 0.15) is 11.4 Å². The number of carbonyl (C=O) groups excluding carboxylic acids is 1. The smallest absolute Gasteiger partial charge is 0.329 e. The number of nitrogen functional groups attached to an aromatic ring is 1. The first-order valence-electron chi connectivity index (χ1n) is 10.9. The number of ketones is 1. The van der Waals surface area contributed by atoms with Gasteiger partial charge in [-0.2, -0.15) is 0 Å². The van der Waals surface area contributed by atoms with Gasteiger partial charge in [0.25, 0.3) is 5.56 Å². The minimum Gasteiger partial charge on any atom is -0.384 e. The number of hydrogen-bond donors (Lipinski definition) is 2. The molecule has 11 heteroatoms. The predicted molar refractivity (Wildman–Crippen MR) is 129 cm³/mol. The molecule has 1 aliphatic carbocycles. The molecule has 2 aromatic heterocycles. The van der Waals surface area contributed by atoms with E-state index in [-0.39, 0.29) is 23.2 Å². The topological polar surface area (TPSA) is 129 Å². The van der Waals surface area contributed by atoms with Crippen molar-refractivity contribution in [2.45, 2.75) is 56.8 Å². The molecule has 4 rings (SSSR count). The Morgan fingerprint density at radius 3 is 2.67 bits per heavy atom. The molecule has 0 saturated heterocycles. The van der Waals surface area contributed by atoms with Crippen LogP contribution >= 0.6 is 23.4 Å². The Bertz CT molecular complexity index is 1290. The molecular formula is C22H25ClN6O3S. The lowest BCUT2D eigenvalue weighted by Crippen LogP contribution is -2.36. The van der Waals surface area contributed by atoms with E-state index in [1.54, 1.807) is 6.07 Å². The van der Waals surface area contributed by atoms with Crippen molar-refractivity contribution in [2.75, 3.05) is 11.5 Å². The summed E-state index contributed by atoms with van der Waals surface area (Å²) in [6, 6.07) is 7.67. The first kappa shape index (κ1) is 23.3. The average molecular weight is 489 g/mol. The number of aromatic nitrogens is 5. The minimum atomic E-state index is -0.774. The van der Waals surface area contributed by atoms with Gasteiger partial charge in [-0.15, -0.1) is 10.2 Å². The average Bonchev–Trinajstić information content (AvgIpc) is 3.45. The summed E-state index contributed by atoms with van der Waals surface area (Å²) >= 11 is 7.62. The largest absolute Gasteiger partial charge is 0.384 e. The van der Waals surface area contributed by atoms with Gasteiger partial charge >= 0.3 is 5.69 Å². The van der Waals surface area contributed by atoms with Gasteiger partial charge in [-0.1, -0.05) is 55.3 Å². The lowest BCUT2D eigenvalue weighted by Gasteiger charge is -2.17. The summed E-state index contributed by atoms with van der Waals surface area (Å²) in [5.74, 6) is 0.0238. The highest BCUT2D eigenvalue weighted by molar-refractivity contribution is 7.99. The highest BCUT2D eigenvalue weighted by atomic mass is 35.5. The molecule has 0 amide bonds. The molecule has 3 N–H and O–H groups in total. The maximum atomic E-state index is 13.0. The number of nitrogens with two attached hydrogens (primary N) is 1. The van der Waals surface area contributed by atoms with E-state index in [4.69, 9.17) is 17.3 Å². The van der Waals surface area contributed by atoms with E-state index in [1.807, 2.05) is 25.1 Å². The zero-order valence-corrected chi connectivity index (χ0v) is 19.8. The van der Waals surface area contributed by atoms with Crippen molar-refractivity contribution in [3.63, 3.8) is 0 Å². The molecule has 0 atom stereocenters. The van der Waals surface area contributed by atoms with Gasteiger partial charge in [0, 0.05) is 18.2 Å². The molecule has 0 aliphatic heterocycles. The summed E-state index contributed by atoms with van der Waals surface area (Å²) < 4.78 is 3.27. The highest BCUT2D eigenvalue weighted by Crippen LogP contribution is 2.38. The summed E-state index contributed by atoms with van der Waals surface area (Å²) in [7, 11) is 0. The van der Waals surface area contributed by atoms with Crippen molar-refractivity contribution < 1.29 is 4.79 Å². The Labute approximate surface area is 199 Å². The molecule has 0 unspecified atom stereocenters. The summed E-state index contributed by atoms with van der Waals surface area (Å²) in [6.07, 6.45) is 4.84. The fourth-order valence-corrected chi connectivity index (χ4v) is 5.30. The van der Waals surface area contributed by atoms with E-state index in [1.165, 1.54) is 16.3 Å². The van der Waals surface area contributed by atoms with Gasteiger partial charge in [0.2, 0.25) is 0 Å². The lowest BCUT2D eigenvalue weighted by molar-refractivity contribution is 0.102. The first-order valence-corrected chi connectivity index (χ1v) is 12.3. The second kappa shape index (κ2) is 9.96. The number of nitrogens with one attached hydrogen (secondary N) is 1. The molecule has 1 aromatic carbocycles. The molecule has 3 aromatic rings. The first-order chi connectivity index (χ1) is 15.9. The van der Waals surface area contributed by atoms with Gasteiger partial charge in [-0.25, -0.2) is 4.79 Å². The number of H-pyrrole nitrogens is 1. The molecule has 0 bridgehead atoms. The highest BCUT2D eigenvalue weighted by Gasteiger charge is 2.27. The number of Topliss-reactive ketones (excluding diaryl/α,β-unsaturated/α-hetero) is 1. The van der Waals surface area contributed by atoms with Crippen molar-refractivity contribution in [2.24, 2.45) is 0 Å². The minimum absolute atomic E-state index is 0.0645. The van der Waals surface area contributed by atoms with Crippen LogP contribution in [0.5, 0.6) is 0 Å². The van der Waals surface area contributed by atoms with Crippen LogP contribution in [0.4, 0.5) is 5.82 Å². The van der Waals surface area contributed by atoms with Crippen molar-refractivity contribution in [3.8, 4) is 11.4 Å². The SMILES string of the molecule is CCCn1c(N)c(C(=O)CSc2nnc(-c3ccccc3Cl)n2C2CCCC2)c(=O)[nH]c1=O. The molecule has 1 saturated carbocycles. The fraction of sp³-hybridized carbons (Fsp3) is 0.409. The molecule has 2 heterocycles. The van der Waals surface area contributed by atoms with Crippen LogP contribution < -0.4 is 17.0 Å². The molecule has 9 nitrogen and oxygen atoms in total. The van der Waals surface area contributed by atoms with Crippen LogP contribution in [0, 0.1) is 0 Å². The predicted octanol–water partition coefficient (Wildman–Crippen LogP) is 3.53. The number of halogens is 1. The van der Waals surface area contributed by atoms with Gasteiger partial charge in [0.05, 0.1) is 10.8 Å².